The van der Waals surface area contributed by atoms with E-state index < -0.39 is 0 Å². The number of benzene rings is 2. The number of hydrogen-bond donors (Lipinski definition) is 1. The minimum atomic E-state index is -0.171. The number of ether oxygens (including phenoxy) is 2. The molecule has 0 bridgehead atoms. The van der Waals surface area contributed by atoms with Gasteiger partial charge in [0.1, 0.15) is 5.69 Å². The highest BCUT2D eigenvalue weighted by atomic mass is 16.5. The summed E-state index contributed by atoms with van der Waals surface area (Å²) >= 11 is 0. The highest BCUT2D eigenvalue weighted by molar-refractivity contribution is 5.74. The average molecular weight is 339 g/mol. The zero-order valence-corrected chi connectivity index (χ0v) is 14.8. The zero-order chi connectivity index (χ0) is 18.0. The molecule has 0 aliphatic heterocycles. The minimum Gasteiger partial charge on any atom is -0.493 e. The first-order valence-electron chi connectivity index (χ1n) is 7.97. The summed E-state index contributed by atoms with van der Waals surface area (Å²) in [6, 6.07) is 11.6. The van der Waals surface area contributed by atoms with Crippen LogP contribution in [0, 0.1) is 13.8 Å². The first-order valence-corrected chi connectivity index (χ1v) is 7.97. The largest absolute Gasteiger partial charge is 0.493 e. The molecule has 130 valence electrons. The molecule has 5 nitrogen and oxygen atoms in total. The third-order valence-electron chi connectivity index (χ3n) is 4.09. The summed E-state index contributed by atoms with van der Waals surface area (Å²) < 4.78 is 16.2. The summed E-state index contributed by atoms with van der Waals surface area (Å²) in [4.78, 5) is 0. The topological polar surface area (TPSA) is 64.7 Å². The van der Waals surface area contributed by atoms with Gasteiger partial charge >= 0.3 is 0 Å². The minimum absolute atomic E-state index is 0.171. The summed E-state index contributed by atoms with van der Waals surface area (Å²) in [6.07, 6.45) is 0. The van der Waals surface area contributed by atoms with Crippen LogP contribution in [0.15, 0.2) is 40.9 Å². The van der Waals surface area contributed by atoms with Gasteiger partial charge in [0, 0.05) is 11.1 Å². The van der Waals surface area contributed by atoms with Crippen molar-refractivity contribution >= 4 is 0 Å². The summed E-state index contributed by atoms with van der Waals surface area (Å²) in [5, 5.41) is 14.1. The van der Waals surface area contributed by atoms with Gasteiger partial charge in [-0.2, -0.15) is 0 Å². The number of methoxy groups -OCH3 is 2. The summed E-state index contributed by atoms with van der Waals surface area (Å²) in [6.45, 7) is 3.89. The van der Waals surface area contributed by atoms with E-state index in [0.29, 0.717) is 28.5 Å². The molecule has 0 spiro atoms. The lowest BCUT2D eigenvalue weighted by Crippen LogP contribution is -1.93. The molecule has 0 aliphatic rings. The molecule has 0 saturated carbocycles. The van der Waals surface area contributed by atoms with Gasteiger partial charge in [0.2, 0.25) is 0 Å². The Balaban J connectivity index is 2.12. The molecule has 0 aliphatic carbocycles. The predicted molar refractivity (Wildman–Crippen MR) is 95.9 cm³/mol. The van der Waals surface area contributed by atoms with E-state index in [2.05, 4.69) is 11.2 Å². The molecule has 1 N–H and O–H groups in total. The van der Waals surface area contributed by atoms with Crippen molar-refractivity contribution in [3.05, 3.63) is 53.1 Å². The second-order valence-electron chi connectivity index (χ2n) is 5.94. The number of aryl methyl sites for hydroxylation is 2. The van der Waals surface area contributed by atoms with Gasteiger partial charge < -0.3 is 19.1 Å². The lowest BCUT2D eigenvalue weighted by atomic mass is 10.00. The summed E-state index contributed by atoms with van der Waals surface area (Å²) in [5.41, 5.74) is 5.20. The molecule has 0 atom stereocenters. The number of aliphatic hydroxyl groups is 1. The van der Waals surface area contributed by atoms with Crippen molar-refractivity contribution in [2.75, 3.05) is 14.2 Å². The van der Waals surface area contributed by atoms with Gasteiger partial charge in [0.15, 0.2) is 17.3 Å². The molecule has 0 radical (unpaired) electrons. The highest BCUT2D eigenvalue weighted by Crippen LogP contribution is 2.37. The predicted octanol–water partition coefficient (Wildman–Crippen LogP) is 4.13. The van der Waals surface area contributed by atoms with Crippen LogP contribution in [0.4, 0.5) is 0 Å². The second-order valence-corrected chi connectivity index (χ2v) is 5.94. The van der Waals surface area contributed by atoms with Crippen LogP contribution >= 0.6 is 0 Å². The quantitative estimate of drug-likeness (QED) is 0.757. The van der Waals surface area contributed by atoms with Gasteiger partial charge in [0.05, 0.1) is 26.4 Å². The van der Waals surface area contributed by atoms with Crippen molar-refractivity contribution < 1.29 is 19.1 Å². The normalized spacial score (nSPS) is 10.8. The number of nitrogens with zero attached hydrogens (tertiary/aromatic N) is 1. The summed E-state index contributed by atoms with van der Waals surface area (Å²) in [7, 11) is 3.17. The van der Waals surface area contributed by atoms with E-state index in [1.165, 1.54) is 0 Å². The van der Waals surface area contributed by atoms with Gasteiger partial charge in [-0.3, -0.25) is 0 Å². The number of hydrogen-bond acceptors (Lipinski definition) is 5. The molecule has 3 aromatic rings. The molecule has 25 heavy (non-hydrogen) atoms. The van der Waals surface area contributed by atoms with Crippen molar-refractivity contribution in [1.82, 2.24) is 5.16 Å². The molecular formula is C20H21NO4. The van der Waals surface area contributed by atoms with Gasteiger partial charge in [-0.05, 0) is 44.2 Å². The van der Waals surface area contributed by atoms with E-state index in [1.54, 1.807) is 20.3 Å². The molecule has 5 heteroatoms. The van der Waals surface area contributed by atoms with E-state index in [4.69, 9.17) is 14.0 Å². The van der Waals surface area contributed by atoms with E-state index in [9.17, 15) is 5.11 Å². The Hall–Kier alpha value is -2.79. The zero-order valence-electron chi connectivity index (χ0n) is 14.8. The number of rotatable bonds is 5. The van der Waals surface area contributed by atoms with E-state index in [1.807, 2.05) is 38.1 Å². The Kier molecular flexibility index (Phi) is 4.76. The molecule has 1 aromatic heterocycles. The molecule has 3 rings (SSSR count). The molecule has 0 saturated heterocycles. The molecule has 0 unspecified atom stereocenters. The van der Waals surface area contributed by atoms with E-state index in [0.717, 1.165) is 22.3 Å². The third-order valence-corrected chi connectivity index (χ3v) is 4.09. The van der Waals surface area contributed by atoms with Crippen LogP contribution < -0.4 is 9.47 Å². The first-order chi connectivity index (χ1) is 12.1. The fourth-order valence-electron chi connectivity index (χ4n) is 3.00. The maximum atomic E-state index is 9.92. The lowest BCUT2D eigenvalue weighted by molar-refractivity contribution is 0.281. The van der Waals surface area contributed by atoms with Crippen LogP contribution in [0.5, 0.6) is 11.5 Å². The Bertz CT molecular complexity index is 878. The molecule has 2 aromatic carbocycles. The fourth-order valence-corrected chi connectivity index (χ4v) is 3.00. The van der Waals surface area contributed by atoms with Crippen LogP contribution in [0.3, 0.4) is 0 Å². The molecular weight excluding hydrogens is 318 g/mol. The van der Waals surface area contributed by atoms with Crippen molar-refractivity contribution in [3.8, 4) is 34.1 Å². The Morgan fingerprint density at radius 3 is 2.20 bits per heavy atom. The first kappa shape index (κ1) is 17.0. The Morgan fingerprint density at radius 1 is 0.920 bits per heavy atom. The van der Waals surface area contributed by atoms with Crippen molar-refractivity contribution in [2.45, 2.75) is 20.5 Å². The molecule has 0 amide bonds. The van der Waals surface area contributed by atoms with Gasteiger partial charge in [-0.1, -0.05) is 22.3 Å². The van der Waals surface area contributed by atoms with Crippen molar-refractivity contribution in [2.24, 2.45) is 0 Å². The average Bonchev–Trinajstić information content (AvgIpc) is 3.04. The van der Waals surface area contributed by atoms with E-state index >= 15 is 0 Å². The Morgan fingerprint density at radius 2 is 1.60 bits per heavy atom. The molecule has 1 heterocycles. The second kappa shape index (κ2) is 6.99. The third kappa shape index (κ3) is 3.23. The van der Waals surface area contributed by atoms with Crippen LogP contribution in [0.1, 0.15) is 16.7 Å². The van der Waals surface area contributed by atoms with Crippen molar-refractivity contribution in [3.63, 3.8) is 0 Å². The summed E-state index contributed by atoms with van der Waals surface area (Å²) in [5.74, 6) is 1.81. The maximum absolute atomic E-state index is 9.92. The van der Waals surface area contributed by atoms with Gasteiger partial charge in [0.25, 0.3) is 0 Å². The SMILES string of the molecule is COc1ccc(-c2noc(-c3cc(C)cc(C)c3)c2CO)cc1OC. The van der Waals surface area contributed by atoms with E-state index in [-0.39, 0.29) is 6.61 Å². The Labute approximate surface area is 146 Å². The highest BCUT2D eigenvalue weighted by Gasteiger charge is 2.20. The van der Waals surface area contributed by atoms with Crippen LogP contribution in [-0.2, 0) is 6.61 Å². The standard InChI is InChI=1S/C20H21NO4/c1-12-7-13(2)9-15(8-12)20-16(11-22)19(21-25-20)14-5-6-17(23-3)18(10-14)24-4/h5-10,22H,11H2,1-4H3. The molecule has 0 fully saturated rings. The smallest absolute Gasteiger partial charge is 0.173 e. The number of aromatic nitrogens is 1. The maximum Gasteiger partial charge on any atom is 0.173 e. The van der Waals surface area contributed by atoms with Crippen molar-refractivity contribution in [1.29, 1.82) is 0 Å². The van der Waals surface area contributed by atoms with Gasteiger partial charge in [-0.25, -0.2) is 0 Å². The van der Waals surface area contributed by atoms with Crippen LogP contribution in [0.2, 0.25) is 0 Å². The fraction of sp³-hybridized carbons (Fsp3) is 0.250. The monoisotopic (exact) mass is 339 g/mol. The van der Waals surface area contributed by atoms with Crippen LogP contribution in [0.25, 0.3) is 22.6 Å². The number of aliphatic hydroxyl groups excluding tert-OH is 1. The van der Waals surface area contributed by atoms with Gasteiger partial charge in [-0.15, -0.1) is 0 Å². The lowest BCUT2D eigenvalue weighted by Gasteiger charge is -2.09. The van der Waals surface area contributed by atoms with Crippen LogP contribution in [-0.4, -0.2) is 24.5 Å².